The largest absolute Gasteiger partial charge is 0.390 e. The molecule has 3 aromatic rings. The number of nitrogens with two attached hydrogens (primary N) is 2. The predicted octanol–water partition coefficient (Wildman–Crippen LogP) is 3.26. The van der Waals surface area contributed by atoms with Gasteiger partial charge in [0, 0.05) is 17.0 Å². The van der Waals surface area contributed by atoms with Gasteiger partial charge in [0.05, 0.1) is 5.52 Å². The van der Waals surface area contributed by atoms with E-state index in [-0.39, 0.29) is 22.9 Å². The van der Waals surface area contributed by atoms with Crippen LogP contribution >= 0.6 is 0 Å². The molecular weight excluding hydrogens is 369 g/mol. The van der Waals surface area contributed by atoms with Gasteiger partial charge in [0.2, 0.25) is 5.82 Å². The summed E-state index contributed by atoms with van der Waals surface area (Å²) in [7, 11) is 0. The van der Waals surface area contributed by atoms with Crippen molar-refractivity contribution in [3.05, 3.63) is 77.5 Å². The maximum atomic E-state index is 14.9. The number of alkyl halides is 2. The molecule has 0 atom stereocenters. The van der Waals surface area contributed by atoms with Crippen molar-refractivity contribution in [2.45, 2.75) is 5.92 Å². The molecule has 28 heavy (non-hydrogen) atoms. The van der Waals surface area contributed by atoms with E-state index in [0.29, 0.717) is 5.39 Å². The molecule has 3 rings (SSSR count). The summed E-state index contributed by atoms with van der Waals surface area (Å²) in [5.41, 5.74) is 10.6. The third kappa shape index (κ3) is 3.76. The quantitative estimate of drug-likeness (QED) is 0.408. The fourth-order valence-corrected chi connectivity index (χ4v) is 2.42. The van der Waals surface area contributed by atoms with Gasteiger partial charge in [-0.05, 0) is 36.4 Å². The van der Waals surface area contributed by atoms with Gasteiger partial charge in [0.15, 0.2) is 5.82 Å². The second kappa shape index (κ2) is 7.36. The lowest BCUT2D eigenvalue weighted by Crippen LogP contribution is -2.19. The Labute approximate surface area is 157 Å². The molecule has 0 amide bonds. The SMILES string of the molecule is N#C/C(N)=C/C(N)=Nc1nc(C(F)(F)c2ccc(F)cc2)nc2ccccc12. The maximum absolute atomic E-state index is 14.9. The summed E-state index contributed by atoms with van der Waals surface area (Å²) in [6, 6.07) is 11.9. The zero-order chi connectivity index (χ0) is 20.3. The molecule has 140 valence electrons. The molecule has 2 aromatic carbocycles. The average molecular weight is 382 g/mol. The van der Waals surface area contributed by atoms with Crippen molar-refractivity contribution >= 4 is 22.6 Å². The summed E-state index contributed by atoms with van der Waals surface area (Å²) < 4.78 is 42.9. The Kier molecular flexibility index (Phi) is 4.96. The fourth-order valence-electron chi connectivity index (χ4n) is 2.42. The summed E-state index contributed by atoms with van der Waals surface area (Å²) in [6.45, 7) is 0. The molecule has 0 aliphatic heterocycles. The summed E-state index contributed by atoms with van der Waals surface area (Å²) in [5, 5.41) is 9.09. The molecule has 0 radical (unpaired) electrons. The highest BCUT2D eigenvalue weighted by Gasteiger charge is 2.38. The number of amidine groups is 1. The molecular formula is C19H13F3N6. The van der Waals surface area contributed by atoms with Crippen molar-refractivity contribution in [2.24, 2.45) is 16.5 Å². The van der Waals surface area contributed by atoms with E-state index < -0.39 is 23.1 Å². The predicted molar refractivity (Wildman–Crippen MR) is 98.1 cm³/mol. The van der Waals surface area contributed by atoms with Crippen LogP contribution in [0, 0.1) is 17.1 Å². The second-order valence-electron chi connectivity index (χ2n) is 5.72. The van der Waals surface area contributed by atoms with Crippen LogP contribution in [0.15, 0.2) is 65.3 Å². The molecule has 0 aliphatic carbocycles. The van der Waals surface area contributed by atoms with Crippen LogP contribution in [0.3, 0.4) is 0 Å². The normalized spacial score (nSPS) is 12.8. The van der Waals surface area contributed by atoms with E-state index in [2.05, 4.69) is 15.0 Å². The van der Waals surface area contributed by atoms with Crippen LogP contribution in [0.1, 0.15) is 11.4 Å². The summed E-state index contributed by atoms with van der Waals surface area (Å²) in [6.07, 6.45) is 1.09. The third-order valence-electron chi connectivity index (χ3n) is 3.74. The van der Waals surface area contributed by atoms with Crippen molar-refractivity contribution in [1.29, 1.82) is 5.26 Å². The van der Waals surface area contributed by atoms with Gasteiger partial charge >= 0.3 is 5.92 Å². The Morgan fingerprint density at radius 3 is 2.43 bits per heavy atom. The number of hydrogen-bond acceptors (Lipinski definition) is 5. The van der Waals surface area contributed by atoms with E-state index in [1.165, 1.54) is 6.07 Å². The van der Waals surface area contributed by atoms with E-state index >= 15 is 0 Å². The van der Waals surface area contributed by atoms with Gasteiger partial charge in [-0.25, -0.2) is 19.4 Å². The molecule has 9 heteroatoms. The summed E-state index contributed by atoms with van der Waals surface area (Å²) in [4.78, 5) is 11.8. The number of halogens is 3. The Morgan fingerprint density at radius 2 is 1.75 bits per heavy atom. The number of aliphatic imine (C=N–C) groups is 1. The van der Waals surface area contributed by atoms with Crippen molar-refractivity contribution < 1.29 is 13.2 Å². The Hall–Kier alpha value is -3.93. The van der Waals surface area contributed by atoms with Gasteiger partial charge in [0.25, 0.3) is 0 Å². The molecule has 0 aliphatic rings. The van der Waals surface area contributed by atoms with Gasteiger partial charge in [-0.1, -0.05) is 12.1 Å². The summed E-state index contributed by atoms with van der Waals surface area (Å²) >= 11 is 0. The van der Waals surface area contributed by atoms with Gasteiger partial charge in [-0.2, -0.15) is 14.0 Å². The molecule has 0 saturated carbocycles. The highest BCUT2D eigenvalue weighted by Crippen LogP contribution is 2.36. The number of rotatable bonds is 4. The van der Waals surface area contributed by atoms with Crippen molar-refractivity contribution in [1.82, 2.24) is 9.97 Å². The lowest BCUT2D eigenvalue weighted by atomic mass is 10.1. The molecule has 1 aromatic heterocycles. The monoisotopic (exact) mass is 382 g/mol. The van der Waals surface area contributed by atoms with Crippen LogP contribution < -0.4 is 11.5 Å². The first-order chi connectivity index (χ1) is 13.3. The summed E-state index contributed by atoms with van der Waals surface area (Å²) in [5.74, 6) is -5.35. The molecule has 0 unspecified atom stereocenters. The van der Waals surface area contributed by atoms with E-state index in [1.807, 2.05) is 0 Å². The van der Waals surface area contributed by atoms with Crippen LogP contribution in [0.25, 0.3) is 10.9 Å². The first kappa shape index (κ1) is 18.8. The van der Waals surface area contributed by atoms with Crippen LogP contribution in [0.4, 0.5) is 19.0 Å². The van der Waals surface area contributed by atoms with Gasteiger partial charge < -0.3 is 11.5 Å². The number of nitriles is 1. The van der Waals surface area contributed by atoms with Crippen LogP contribution in [0.2, 0.25) is 0 Å². The number of benzene rings is 2. The van der Waals surface area contributed by atoms with E-state index in [1.54, 1.807) is 24.3 Å². The fraction of sp³-hybridized carbons (Fsp3) is 0.0526. The number of fused-ring (bicyclic) bond motifs is 1. The molecule has 4 N–H and O–H groups in total. The highest BCUT2D eigenvalue weighted by molar-refractivity contribution is 5.97. The molecule has 6 nitrogen and oxygen atoms in total. The van der Waals surface area contributed by atoms with Crippen molar-refractivity contribution in [3.8, 4) is 6.07 Å². The van der Waals surface area contributed by atoms with E-state index in [0.717, 1.165) is 30.3 Å². The minimum Gasteiger partial charge on any atom is -0.390 e. The van der Waals surface area contributed by atoms with E-state index in [9.17, 15) is 13.2 Å². The molecule has 0 spiro atoms. The number of aromatic nitrogens is 2. The molecule has 1 heterocycles. The van der Waals surface area contributed by atoms with E-state index in [4.69, 9.17) is 16.7 Å². The Morgan fingerprint density at radius 1 is 1.07 bits per heavy atom. The van der Waals surface area contributed by atoms with Crippen LogP contribution in [0.5, 0.6) is 0 Å². The van der Waals surface area contributed by atoms with Gasteiger partial charge in [-0.3, -0.25) is 0 Å². The maximum Gasteiger partial charge on any atom is 0.331 e. The number of allylic oxidation sites excluding steroid dienone is 1. The van der Waals surface area contributed by atoms with Crippen molar-refractivity contribution in [3.63, 3.8) is 0 Å². The topological polar surface area (TPSA) is 114 Å². The zero-order valence-electron chi connectivity index (χ0n) is 14.3. The Bertz CT molecular complexity index is 1130. The number of nitrogens with zero attached hydrogens (tertiary/aromatic N) is 4. The van der Waals surface area contributed by atoms with Gasteiger partial charge in [-0.15, -0.1) is 0 Å². The first-order valence-electron chi connectivity index (χ1n) is 7.94. The Balaban J connectivity index is 2.19. The number of para-hydroxylation sites is 1. The lowest BCUT2D eigenvalue weighted by Gasteiger charge is -2.16. The minimum atomic E-state index is -3.60. The molecule has 0 saturated heterocycles. The average Bonchev–Trinajstić information content (AvgIpc) is 2.68. The zero-order valence-corrected chi connectivity index (χ0v) is 14.3. The number of hydrogen-bond donors (Lipinski definition) is 2. The molecule has 0 bridgehead atoms. The van der Waals surface area contributed by atoms with Crippen LogP contribution in [-0.2, 0) is 5.92 Å². The first-order valence-corrected chi connectivity index (χ1v) is 7.94. The third-order valence-corrected chi connectivity index (χ3v) is 3.74. The van der Waals surface area contributed by atoms with Crippen LogP contribution in [-0.4, -0.2) is 15.8 Å². The second-order valence-corrected chi connectivity index (χ2v) is 5.72. The van der Waals surface area contributed by atoms with Gasteiger partial charge in [0.1, 0.15) is 23.4 Å². The molecule has 0 fully saturated rings. The lowest BCUT2D eigenvalue weighted by molar-refractivity contribution is 0.0332. The minimum absolute atomic E-state index is 0.109. The van der Waals surface area contributed by atoms with Crippen molar-refractivity contribution in [2.75, 3.05) is 0 Å². The standard InChI is InChI=1S/C19H13F3N6/c20-12-7-5-11(6-8-12)19(21,22)18-26-15-4-2-1-3-14(15)17(28-18)27-16(25)9-13(24)10-23/h1-9H,24H2,(H2,25,26,27,28)/b13-9-. The highest BCUT2D eigenvalue weighted by atomic mass is 19.3. The smallest absolute Gasteiger partial charge is 0.331 e.